The van der Waals surface area contributed by atoms with Gasteiger partial charge in [-0.05, 0) is 25.0 Å². The highest BCUT2D eigenvalue weighted by Crippen LogP contribution is 2.21. The molecule has 1 aromatic carbocycles. The van der Waals surface area contributed by atoms with Crippen LogP contribution in [0.4, 0.5) is 0 Å². The lowest BCUT2D eigenvalue weighted by Crippen LogP contribution is -1.74. The second kappa shape index (κ2) is 5.43. The Morgan fingerprint density at radius 3 is 1.62 bits per heavy atom. The first-order chi connectivity index (χ1) is 6.30. The van der Waals surface area contributed by atoms with Gasteiger partial charge in [-0.1, -0.05) is 12.1 Å². The fourth-order valence-electron chi connectivity index (χ4n) is 0.974. The lowest BCUT2D eigenvalue weighted by Gasteiger charge is -1.91. The molecule has 0 aromatic heterocycles. The Morgan fingerprint density at radius 1 is 0.923 bits per heavy atom. The van der Waals surface area contributed by atoms with Gasteiger partial charge in [0.2, 0.25) is 0 Å². The van der Waals surface area contributed by atoms with E-state index in [9.17, 15) is 0 Å². The Kier molecular flexibility index (Phi) is 4.12. The zero-order valence-corrected chi connectivity index (χ0v) is 7.44. The standard InChI is InChI=1S/C6H6O2.C4H8O/c7-5-3-1-2-4-6(5)8;1-2-4-5-3-1/h1-4,7-8H;1-4H2. The Labute approximate surface area is 77.6 Å². The summed E-state index contributed by atoms with van der Waals surface area (Å²) in [4.78, 5) is 0. The number of ether oxygens (including phenoxy) is 1. The lowest BCUT2D eigenvalue weighted by atomic mass is 10.3. The summed E-state index contributed by atoms with van der Waals surface area (Å²) >= 11 is 0. The molecular formula is C10H14O3. The molecule has 1 aliphatic rings. The number of hydrogen-bond donors (Lipinski definition) is 2. The van der Waals surface area contributed by atoms with Crippen molar-refractivity contribution in [1.29, 1.82) is 0 Å². The predicted octanol–water partition coefficient (Wildman–Crippen LogP) is 1.89. The number of benzene rings is 1. The topological polar surface area (TPSA) is 49.7 Å². The molecule has 0 unspecified atom stereocenters. The fraction of sp³-hybridized carbons (Fsp3) is 0.400. The molecule has 0 saturated carbocycles. The summed E-state index contributed by atoms with van der Waals surface area (Å²) in [5.74, 6) is -0.153. The molecule has 13 heavy (non-hydrogen) atoms. The van der Waals surface area contributed by atoms with Gasteiger partial charge < -0.3 is 14.9 Å². The normalized spacial score (nSPS) is 14.8. The van der Waals surface area contributed by atoms with Gasteiger partial charge in [-0.25, -0.2) is 0 Å². The fourth-order valence-corrected chi connectivity index (χ4v) is 0.974. The summed E-state index contributed by atoms with van der Waals surface area (Å²) in [7, 11) is 0. The van der Waals surface area contributed by atoms with Crippen LogP contribution in [0, 0.1) is 0 Å². The van der Waals surface area contributed by atoms with Crippen molar-refractivity contribution in [3.8, 4) is 11.5 Å². The molecule has 2 rings (SSSR count). The van der Waals surface area contributed by atoms with Crippen LogP contribution in [-0.2, 0) is 4.74 Å². The lowest BCUT2D eigenvalue weighted by molar-refractivity contribution is 0.198. The highest BCUT2D eigenvalue weighted by atomic mass is 16.5. The van der Waals surface area contributed by atoms with Gasteiger partial charge in [0.1, 0.15) is 0 Å². The molecule has 1 heterocycles. The van der Waals surface area contributed by atoms with Gasteiger partial charge in [-0.3, -0.25) is 0 Å². The minimum atomic E-state index is -0.0764. The second-order valence-corrected chi connectivity index (χ2v) is 2.81. The molecule has 0 atom stereocenters. The van der Waals surface area contributed by atoms with Gasteiger partial charge in [0.15, 0.2) is 11.5 Å². The summed E-state index contributed by atoms with van der Waals surface area (Å²) in [6.45, 7) is 2.00. The number of phenolic OH excluding ortho intramolecular Hbond substituents is 2. The van der Waals surface area contributed by atoms with Crippen LogP contribution >= 0.6 is 0 Å². The Morgan fingerprint density at radius 2 is 1.38 bits per heavy atom. The van der Waals surface area contributed by atoms with Gasteiger partial charge in [0, 0.05) is 13.2 Å². The summed E-state index contributed by atoms with van der Waals surface area (Å²) in [6, 6.07) is 6.15. The molecule has 0 amide bonds. The van der Waals surface area contributed by atoms with E-state index >= 15 is 0 Å². The number of hydrogen-bond acceptors (Lipinski definition) is 3. The number of para-hydroxylation sites is 2. The minimum absolute atomic E-state index is 0.0764. The van der Waals surface area contributed by atoms with Crippen LogP contribution in [0.3, 0.4) is 0 Å². The van der Waals surface area contributed by atoms with Crippen LogP contribution in [-0.4, -0.2) is 23.4 Å². The third kappa shape index (κ3) is 3.80. The molecule has 1 saturated heterocycles. The zero-order valence-electron chi connectivity index (χ0n) is 7.44. The largest absolute Gasteiger partial charge is 0.504 e. The van der Waals surface area contributed by atoms with Gasteiger partial charge in [-0.2, -0.15) is 0 Å². The van der Waals surface area contributed by atoms with Crippen molar-refractivity contribution in [2.45, 2.75) is 12.8 Å². The van der Waals surface area contributed by atoms with E-state index in [0.29, 0.717) is 0 Å². The van der Waals surface area contributed by atoms with Crippen LogP contribution in [0.25, 0.3) is 0 Å². The van der Waals surface area contributed by atoms with Crippen molar-refractivity contribution in [3.63, 3.8) is 0 Å². The monoisotopic (exact) mass is 182 g/mol. The van der Waals surface area contributed by atoms with Crippen molar-refractivity contribution >= 4 is 0 Å². The van der Waals surface area contributed by atoms with Crippen LogP contribution < -0.4 is 0 Å². The smallest absolute Gasteiger partial charge is 0.157 e. The maximum atomic E-state index is 8.67. The van der Waals surface area contributed by atoms with E-state index in [0.717, 1.165) is 13.2 Å². The number of rotatable bonds is 0. The van der Waals surface area contributed by atoms with Crippen LogP contribution in [0.2, 0.25) is 0 Å². The zero-order chi connectivity index (χ0) is 9.52. The van der Waals surface area contributed by atoms with E-state index in [1.54, 1.807) is 12.1 Å². The molecule has 0 bridgehead atoms. The second-order valence-electron chi connectivity index (χ2n) is 2.81. The van der Waals surface area contributed by atoms with Crippen molar-refractivity contribution in [3.05, 3.63) is 24.3 Å². The first kappa shape index (κ1) is 9.86. The van der Waals surface area contributed by atoms with E-state index in [1.807, 2.05) is 0 Å². The highest BCUT2D eigenvalue weighted by Gasteiger charge is 1.94. The van der Waals surface area contributed by atoms with Crippen molar-refractivity contribution in [2.75, 3.05) is 13.2 Å². The first-order valence-electron chi connectivity index (χ1n) is 4.35. The first-order valence-corrected chi connectivity index (χ1v) is 4.35. The molecule has 3 heteroatoms. The molecule has 0 radical (unpaired) electrons. The summed E-state index contributed by atoms with van der Waals surface area (Å²) < 4.78 is 4.94. The third-order valence-electron chi connectivity index (χ3n) is 1.71. The highest BCUT2D eigenvalue weighted by molar-refractivity contribution is 5.36. The summed E-state index contributed by atoms with van der Waals surface area (Å²) in [5.41, 5.74) is 0. The van der Waals surface area contributed by atoms with E-state index in [2.05, 4.69) is 0 Å². The van der Waals surface area contributed by atoms with E-state index in [-0.39, 0.29) is 11.5 Å². The average molecular weight is 182 g/mol. The summed E-state index contributed by atoms with van der Waals surface area (Å²) in [6.07, 6.45) is 2.56. The molecule has 0 spiro atoms. The molecule has 0 aliphatic carbocycles. The molecule has 1 aromatic rings. The van der Waals surface area contributed by atoms with E-state index < -0.39 is 0 Å². The van der Waals surface area contributed by atoms with Gasteiger partial charge in [0.05, 0.1) is 0 Å². The van der Waals surface area contributed by atoms with E-state index in [4.69, 9.17) is 14.9 Å². The maximum Gasteiger partial charge on any atom is 0.157 e. The van der Waals surface area contributed by atoms with Crippen LogP contribution in [0.5, 0.6) is 11.5 Å². The number of phenols is 2. The molecule has 72 valence electrons. The molecule has 3 nitrogen and oxygen atoms in total. The Balaban J connectivity index is 0.000000145. The van der Waals surface area contributed by atoms with Crippen molar-refractivity contribution < 1.29 is 14.9 Å². The van der Waals surface area contributed by atoms with Gasteiger partial charge >= 0.3 is 0 Å². The van der Waals surface area contributed by atoms with Crippen LogP contribution in [0.1, 0.15) is 12.8 Å². The number of aromatic hydroxyl groups is 2. The quantitative estimate of drug-likeness (QED) is 0.602. The van der Waals surface area contributed by atoms with Crippen LogP contribution in [0.15, 0.2) is 24.3 Å². The third-order valence-corrected chi connectivity index (χ3v) is 1.71. The van der Waals surface area contributed by atoms with E-state index in [1.165, 1.54) is 25.0 Å². The van der Waals surface area contributed by atoms with Gasteiger partial charge in [0.25, 0.3) is 0 Å². The minimum Gasteiger partial charge on any atom is -0.504 e. The molecule has 2 N–H and O–H groups in total. The predicted molar refractivity (Wildman–Crippen MR) is 49.8 cm³/mol. The molecule has 1 fully saturated rings. The average Bonchev–Trinajstić information content (AvgIpc) is 2.68. The SMILES string of the molecule is C1CCOC1.Oc1ccccc1O. The maximum absolute atomic E-state index is 8.67. The van der Waals surface area contributed by atoms with Crippen molar-refractivity contribution in [2.24, 2.45) is 0 Å². The van der Waals surface area contributed by atoms with Gasteiger partial charge in [-0.15, -0.1) is 0 Å². The Bertz CT molecular complexity index is 215. The summed E-state index contributed by atoms with van der Waals surface area (Å²) in [5, 5.41) is 17.3. The molecule has 1 aliphatic heterocycles. The molecular weight excluding hydrogens is 168 g/mol. The Hall–Kier alpha value is -1.22. The van der Waals surface area contributed by atoms with Crippen molar-refractivity contribution in [1.82, 2.24) is 0 Å².